The predicted octanol–water partition coefficient (Wildman–Crippen LogP) is 9.79. The minimum Gasteiger partial charge on any atom is -0.247 e. The molecule has 0 saturated heterocycles. The molecule has 0 radical (unpaired) electrons. The van der Waals surface area contributed by atoms with Gasteiger partial charge in [-0.2, -0.15) is 0 Å². The molecule has 0 spiro atoms. The number of hydrogen-bond acceptors (Lipinski definition) is 1. The van der Waals surface area contributed by atoms with Gasteiger partial charge in [-0.05, 0) is 66.4 Å². The van der Waals surface area contributed by atoms with Gasteiger partial charge in [0.2, 0.25) is 0 Å². The molecule has 0 saturated carbocycles. The Morgan fingerprint density at radius 1 is 0.425 bits per heavy atom. The van der Waals surface area contributed by atoms with Crippen molar-refractivity contribution in [1.82, 2.24) is 4.98 Å². The first-order valence-electron chi connectivity index (χ1n) is 14.1. The van der Waals surface area contributed by atoms with Crippen molar-refractivity contribution >= 4 is 43.2 Å². The van der Waals surface area contributed by atoms with Crippen molar-refractivity contribution in [2.45, 2.75) is 11.8 Å². The van der Waals surface area contributed by atoms with Gasteiger partial charge in [-0.15, -0.1) is 0 Å². The monoisotopic (exact) mass is 505 g/mol. The second kappa shape index (κ2) is 7.34. The van der Waals surface area contributed by atoms with E-state index >= 15 is 0 Å². The highest BCUT2D eigenvalue weighted by Crippen LogP contribution is 2.59. The van der Waals surface area contributed by atoms with E-state index in [1.807, 2.05) is 0 Å². The smallest absolute Gasteiger partial charge is 0.0791 e. The van der Waals surface area contributed by atoms with Crippen molar-refractivity contribution < 1.29 is 0 Å². The van der Waals surface area contributed by atoms with E-state index in [1.54, 1.807) is 0 Å². The van der Waals surface area contributed by atoms with Crippen LogP contribution >= 0.6 is 0 Å². The van der Waals surface area contributed by atoms with Gasteiger partial charge in [-0.25, -0.2) is 4.98 Å². The summed E-state index contributed by atoms with van der Waals surface area (Å²) in [6.07, 6.45) is 0. The zero-order valence-electron chi connectivity index (χ0n) is 21.7. The standard InChI is InChI=1S/C39H23N/c1-2-9-24(10-3-1)38-37-35-28-15-6-4-13-26(28)34(27-14-5-7-16-29(27)35)36(37)31-21-25-18-17-22-11-8-12-23-19-20-30(39(31)40-38)33(25)32(22)23/h1-21,34-35H. The van der Waals surface area contributed by atoms with Crippen LogP contribution < -0.4 is 0 Å². The Morgan fingerprint density at radius 3 is 1.68 bits per heavy atom. The molecule has 0 unspecified atom stereocenters. The van der Waals surface area contributed by atoms with E-state index < -0.39 is 0 Å². The zero-order chi connectivity index (χ0) is 25.9. The Morgan fingerprint density at radius 2 is 1.00 bits per heavy atom. The van der Waals surface area contributed by atoms with Crippen LogP contribution in [0.4, 0.5) is 0 Å². The van der Waals surface area contributed by atoms with Crippen molar-refractivity contribution in [2.75, 3.05) is 0 Å². The average molecular weight is 506 g/mol. The molecule has 3 aliphatic carbocycles. The lowest BCUT2D eigenvalue weighted by Gasteiger charge is -2.43. The van der Waals surface area contributed by atoms with Gasteiger partial charge in [0.15, 0.2) is 0 Å². The van der Waals surface area contributed by atoms with Crippen LogP contribution in [0, 0.1) is 0 Å². The maximum Gasteiger partial charge on any atom is 0.0791 e. The van der Waals surface area contributed by atoms with Crippen molar-refractivity contribution in [2.24, 2.45) is 0 Å². The van der Waals surface area contributed by atoms with E-state index in [1.165, 1.54) is 76.6 Å². The van der Waals surface area contributed by atoms with E-state index in [2.05, 4.69) is 127 Å². The second-order valence-corrected chi connectivity index (χ2v) is 11.4. The topological polar surface area (TPSA) is 12.9 Å². The number of benzene rings is 7. The van der Waals surface area contributed by atoms with E-state index in [-0.39, 0.29) is 11.8 Å². The van der Waals surface area contributed by atoms with E-state index in [4.69, 9.17) is 4.98 Å². The summed E-state index contributed by atoms with van der Waals surface area (Å²) in [7, 11) is 0. The largest absolute Gasteiger partial charge is 0.247 e. The van der Waals surface area contributed by atoms with Crippen molar-refractivity contribution in [3.05, 3.63) is 161 Å². The molecule has 184 valence electrons. The first-order chi connectivity index (χ1) is 19.9. The van der Waals surface area contributed by atoms with Crippen LogP contribution in [0.2, 0.25) is 0 Å². The second-order valence-electron chi connectivity index (χ2n) is 11.4. The van der Waals surface area contributed by atoms with Crippen LogP contribution in [0.3, 0.4) is 0 Å². The summed E-state index contributed by atoms with van der Waals surface area (Å²) in [5.41, 5.74) is 12.0. The van der Waals surface area contributed by atoms with Crippen molar-refractivity contribution in [3.63, 3.8) is 0 Å². The first kappa shape index (κ1) is 20.9. The number of pyridine rings is 1. The predicted molar refractivity (Wildman–Crippen MR) is 166 cm³/mol. The van der Waals surface area contributed by atoms with Gasteiger partial charge in [-0.3, -0.25) is 0 Å². The highest BCUT2D eigenvalue weighted by Gasteiger charge is 2.44. The molecule has 1 nitrogen and oxygen atoms in total. The summed E-state index contributed by atoms with van der Waals surface area (Å²) in [5.74, 6) is 0.360. The molecule has 3 aliphatic rings. The fourth-order valence-electron chi connectivity index (χ4n) is 8.02. The van der Waals surface area contributed by atoms with Gasteiger partial charge in [0.05, 0.1) is 11.2 Å². The molecule has 0 fully saturated rings. The summed E-state index contributed by atoms with van der Waals surface area (Å²) in [5, 5.41) is 9.09. The molecule has 40 heavy (non-hydrogen) atoms. The molecule has 1 aromatic heterocycles. The van der Waals surface area contributed by atoms with Gasteiger partial charge in [0.1, 0.15) is 0 Å². The number of nitrogens with zero attached hydrogens (tertiary/aromatic N) is 1. The Bertz CT molecular complexity index is 2270. The van der Waals surface area contributed by atoms with Gasteiger partial charge in [0.25, 0.3) is 0 Å². The highest BCUT2D eigenvalue weighted by atomic mass is 14.7. The van der Waals surface area contributed by atoms with Crippen LogP contribution in [-0.4, -0.2) is 4.98 Å². The summed E-state index contributed by atoms with van der Waals surface area (Å²) >= 11 is 0. The zero-order valence-corrected chi connectivity index (χ0v) is 21.7. The summed E-state index contributed by atoms with van der Waals surface area (Å²) in [4.78, 5) is 5.63. The van der Waals surface area contributed by atoms with Crippen LogP contribution in [-0.2, 0) is 0 Å². The SMILES string of the molecule is c1ccc(-c2nc3c(cc4ccc5cccc6ccc3c4c56)c3c2C2c4ccccc4C3c3ccccc32)cc1. The molecular formula is C39H23N. The van der Waals surface area contributed by atoms with Crippen LogP contribution in [0.15, 0.2) is 127 Å². The van der Waals surface area contributed by atoms with Crippen LogP contribution in [0.5, 0.6) is 0 Å². The maximum atomic E-state index is 5.63. The van der Waals surface area contributed by atoms with Gasteiger partial charge in [-0.1, -0.05) is 121 Å². The third kappa shape index (κ3) is 2.47. The fourth-order valence-corrected chi connectivity index (χ4v) is 8.02. The average Bonchev–Trinajstić information content (AvgIpc) is 3.03. The van der Waals surface area contributed by atoms with E-state index in [9.17, 15) is 0 Å². The highest BCUT2D eigenvalue weighted by molar-refractivity contribution is 6.28. The Hall–Kier alpha value is -5.01. The lowest BCUT2D eigenvalue weighted by molar-refractivity contribution is 0.759. The molecule has 1 heteroatoms. The molecule has 2 bridgehead atoms. The molecule has 7 aromatic carbocycles. The Kier molecular flexibility index (Phi) is 3.83. The van der Waals surface area contributed by atoms with Crippen molar-refractivity contribution in [3.8, 4) is 11.3 Å². The molecule has 0 N–H and O–H groups in total. The lowest BCUT2D eigenvalue weighted by Crippen LogP contribution is -2.28. The van der Waals surface area contributed by atoms with Crippen molar-refractivity contribution in [1.29, 1.82) is 0 Å². The fraction of sp³-hybridized carbons (Fsp3) is 0.0513. The first-order valence-corrected chi connectivity index (χ1v) is 14.1. The Balaban J connectivity index is 1.45. The van der Waals surface area contributed by atoms with E-state index in [0.717, 1.165) is 11.2 Å². The van der Waals surface area contributed by atoms with E-state index in [0.29, 0.717) is 0 Å². The van der Waals surface area contributed by atoms with Gasteiger partial charge >= 0.3 is 0 Å². The summed E-state index contributed by atoms with van der Waals surface area (Å²) in [6.45, 7) is 0. The molecule has 11 rings (SSSR count). The minimum atomic E-state index is 0.172. The number of hydrogen-bond donors (Lipinski definition) is 0. The minimum absolute atomic E-state index is 0.172. The quantitative estimate of drug-likeness (QED) is 0.160. The summed E-state index contributed by atoms with van der Waals surface area (Å²) < 4.78 is 0. The third-order valence-corrected chi connectivity index (χ3v) is 9.54. The number of aromatic nitrogens is 1. The van der Waals surface area contributed by atoms with Gasteiger partial charge < -0.3 is 0 Å². The number of rotatable bonds is 1. The molecule has 0 amide bonds. The third-order valence-electron chi connectivity index (χ3n) is 9.54. The van der Waals surface area contributed by atoms with Crippen LogP contribution in [0.1, 0.15) is 45.2 Å². The summed E-state index contributed by atoms with van der Waals surface area (Å²) in [6, 6.07) is 47.3. The maximum absolute atomic E-state index is 5.63. The normalized spacial score (nSPS) is 17.0. The molecule has 0 atom stereocenters. The Labute approximate surface area is 231 Å². The lowest BCUT2D eigenvalue weighted by atomic mass is 9.60. The molecule has 0 aliphatic heterocycles. The van der Waals surface area contributed by atoms with Crippen LogP contribution in [0.25, 0.3) is 54.5 Å². The molecular weight excluding hydrogens is 482 g/mol. The van der Waals surface area contributed by atoms with Gasteiger partial charge in [0, 0.05) is 28.2 Å². The molecule has 8 aromatic rings. The molecule has 1 heterocycles. The number of fused-ring (bicyclic) bond motifs is 2.